The summed E-state index contributed by atoms with van der Waals surface area (Å²) in [7, 11) is 3.29. The Kier molecular flexibility index (Phi) is 9.90. The number of carbonyl (C=O) groups is 1. The third kappa shape index (κ3) is 6.90. The fraction of sp³-hybridized carbons (Fsp3) is 0.531. The summed E-state index contributed by atoms with van der Waals surface area (Å²) in [6.45, 7) is 8.24. The smallest absolute Gasteiger partial charge is 0.318 e. The van der Waals surface area contributed by atoms with Gasteiger partial charge in [-0.15, -0.1) is 0 Å². The largest absolute Gasteiger partial charge is 0.462 e. The highest BCUT2D eigenvalue weighted by Gasteiger charge is 2.43. The molecule has 3 aliphatic rings. The molecule has 0 unspecified atom stereocenters. The average molecular weight is 644 g/mol. The lowest BCUT2D eigenvalue weighted by Gasteiger charge is -2.38. The number of fused-ring (bicyclic) bond motifs is 2. The van der Waals surface area contributed by atoms with E-state index in [1.807, 2.05) is 11.1 Å². The molecule has 3 aromatic rings. The Labute approximate surface area is 269 Å². The first-order valence-corrected chi connectivity index (χ1v) is 15.3. The van der Waals surface area contributed by atoms with Crippen molar-refractivity contribution in [1.82, 2.24) is 24.8 Å². The van der Waals surface area contributed by atoms with Gasteiger partial charge in [0.05, 0.1) is 25.4 Å². The molecule has 5 heterocycles. The predicted octanol–water partition coefficient (Wildman–Crippen LogP) is 3.82. The van der Waals surface area contributed by atoms with Gasteiger partial charge in [0.25, 0.3) is 5.92 Å². The molecule has 244 valence electrons. The number of nitrogens with zero attached hydrogens (tertiary/aromatic N) is 6. The van der Waals surface area contributed by atoms with Crippen molar-refractivity contribution >= 4 is 41.8 Å². The molecule has 0 bridgehead atoms. The maximum Gasteiger partial charge on any atom is 0.318 e. The van der Waals surface area contributed by atoms with Crippen LogP contribution in [-0.2, 0) is 22.5 Å². The first-order chi connectivity index (χ1) is 21.1. The predicted molar refractivity (Wildman–Crippen MR) is 176 cm³/mol. The molecule has 0 saturated carbocycles. The fourth-order valence-electron chi connectivity index (χ4n) is 6.64. The number of nitrogens with one attached hydrogen (secondary N) is 1. The number of likely N-dealkylation sites (tertiary alicyclic amines) is 1. The van der Waals surface area contributed by atoms with Gasteiger partial charge in [0.1, 0.15) is 12.4 Å². The summed E-state index contributed by atoms with van der Waals surface area (Å²) in [5.74, 6) is -1.95. The number of carbonyl (C=O) groups excluding carboxylic acids is 1. The Hall–Kier alpha value is -3.42. The number of H-pyrrole nitrogens is 1. The van der Waals surface area contributed by atoms with Crippen molar-refractivity contribution in [3.63, 3.8) is 0 Å². The lowest BCUT2D eigenvalue weighted by molar-refractivity contribution is -0.126. The maximum atomic E-state index is 14.0. The molecule has 3 aliphatic heterocycles. The number of aromatic amines is 1. The van der Waals surface area contributed by atoms with E-state index in [-0.39, 0.29) is 45.0 Å². The number of likely N-dealkylation sites (N-methyl/N-ethyl adjacent to an activating group) is 1. The molecule has 1 aromatic carbocycles. The average Bonchev–Trinajstić information content (AvgIpc) is 3.57. The first-order valence-electron chi connectivity index (χ1n) is 15.3. The minimum atomic E-state index is -2.73. The van der Waals surface area contributed by atoms with Crippen LogP contribution in [0.2, 0.25) is 0 Å². The lowest BCUT2D eigenvalue weighted by Crippen LogP contribution is -2.49. The Bertz CT molecular complexity index is 1560. The number of benzene rings is 1. The van der Waals surface area contributed by atoms with Gasteiger partial charge in [-0.1, -0.05) is 6.08 Å². The van der Waals surface area contributed by atoms with Crippen LogP contribution in [0.15, 0.2) is 30.5 Å². The summed E-state index contributed by atoms with van der Waals surface area (Å²) in [4.78, 5) is 33.8. The van der Waals surface area contributed by atoms with Crippen LogP contribution < -0.4 is 14.5 Å². The minimum absolute atomic E-state index is 0. The van der Waals surface area contributed by atoms with Gasteiger partial charge in [0.2, 0.25) is 5.91 Å². The minimum Gasteiger partial charge on any atom is -0.462 e. The quantitative estimate of drug-likeness (QED) is 0.371. The van der Waals surface area contributed by atoms with Crippen molar-refractivity contribution in [3.05, 3.63) is 52.9 Å². The van der Waals surface area contributed by atoms with E-state index in [1.165, 1.54) is 22.2 Å². The SMILES string of the molecule is COC/C=C/C(=O)N1CCN(c2nc(OC[C@@H]3CC(F)(F)CN3C)nc3c2CCN(c2c(C)c(C)cc4[nH]ccc24)C3)CC1.S. The number of halogens is 2. The molecular formula is C32H43F2N7O3S. The van der Waals surface area contributed by atoms with E-state index in [0.29, 0.717) is 39.3 Å². The number of rotatable bonds is 8. The second-order valence-electron chi connectivity index (χ2n) is 12.1. The van der Waals surface area contributed by atoms with E-state index in [0.717, 1.165) is 35.6 Å². The molecule has 2 aromatic heterocycles. The number of alkyl halides is 2. The number of aryl methyl sites for hydroxylation is 1. The fourth-order valence-corrected chi connectivity index (χ4v) is 6.64. The maximum absolute atomic E-state index is 14.0. The van der Waals surface area contributed by atoms with Crippen LogP contribution in [0.3, 0.4) is 0 Å². The van der Waals surface area contributed by atoms with Gasteiger partial charge in [-0.25, -0.2) is 8.78 Å². The summed E-state index contributed by atoms with van der Waals surface area (Å²) >= 11 is 0. The number of ether oxygens (including phenoxy) is 2. The van der Waals surface area contributed by atoms with Crippen molar-refractivity contribution in [2.45, 2.75) is 45.2 Å². The molecule has 1 amide bonds. The molecule has 1 atom stereocenters. The molecule has 0 spiro atoms. The van der Waals surface area contributed by atoms with Gasteiger partial charge in [0, 0.05) is 86.7 Å². The molecule has 2 saturated heterocycles. The second-order valence-corrected chi connectivity index (χ2v) is 12.1. The van der Waals surface area contributed by atoms with Crippen LogP contribution in [-0.4, -0.2) is 109 Å². The number of aromatic nitrogens is 3. The number of methoxy groups -OCH3 is 1. The van der Waals surface area contributed by atoms with Crippen molar-refractivity contribution < 1.29 is 23.0 Å². The number of hydrogen-bond donors (Lipinski definition) is 1. The summed E-state index contributed by atoms with van der Waals surface area (Å²) in [6.07, 6.45) is 5.76. The zero-order valence-electron chi connectivity index (χ0n) is 26.4. The van der Waals surface area contributed by atoms with E-state index in [1.54, 1.807) is 31.2 Å². The van der Waals surface area contributed by atoms with Crippen LogP contribution >= 0.6 is 13.5 Å². The monoisotopic (exact) mass is 643 g/mol. The number of anilines is 2. The number of amides is 1. The van der Waals surface area contributed by atoms with E-state index < -0.39 is 12.0 Å². The highest BCUT2D eigenvalue weighted by Crippen LogP contribution is 2.38. The van der Waals surface area contributed by atoms with E-state index in [2.05, 4.69) is 40.8 Å². The third-order valence-corrected chi connectivity index (χ3v) is 9.14. The molecule has 0 aliphatic carbocycles. The summed E-state index contributed by atoms with van der Waals surface area (Å²) in [5, 5.41) is 1.17. The lowest BCUT2D eigenvalue weighted by atomic mass is 9.99. The standard InChI is InChI=1S/C32H41F2N7O3.H2S/c1-21-16-26-24(7-9-35-26)29(22(21)2)41-10-8-25-27(18-41)36-31(44-19-23-17-32(33,34)20-38(23)3)37-30(25)40-13-11-39(12-14-40)28(42)6-5-15-43-4;/h5-7,9,16,23,35H,8,10-15,17-20H2,1-4H3;1H2/b6-5+;/t23-;/m0./s1. The molecule has 45 heavy (non-hydrogen) atoms. The van der Waals surface area contributed by atoms with Gasteiger partial charge in [-0.3, -0.25) is 9.69 Å². The van der Waals surface area contributed by atoms with Crippen molar-refractivity contribution in [2.75, 3.05) is 76.4 Å². The van der Waals surface area contributed by atoms with Crippen LogP contribution in [0.1, 0.15) is 28.8 Å². The molecule has 0 radical (unpaired) electrons. The summed E-state index contributed by atoms with van der Waals surface area (Å²) in [6, 6.07) is 4.09. The molecule has 13 heteroatoms. The first kappa shape index (κ1) is 33.0. The van der Waals surface area contributed by atoms with Crippen LogP contribution in [0.25, 0.3) is 10.9 Å². The third-order valence-electron chi connectivity index (χ3n) is 9.14. The van der Waals surface area contributed by atoms with Gasteiger partial charge < -0.3 is 29.2 Å². The van der Waals surface area contributed by atoms with Crippen LogP contribution in [0.5, 0.6) is 6.01 Å². The normalized spacial score (nSPS) is 20.1. The Morgan fingerprint density at radius 1 is 1.16 bits per heavy atom. The zero-order chi connectivity index (χ0) is 31.0. The Morgan fingerprint density at radius 3 is 2.64 bits per heavy atom. The summed E-state index contributed by atoms with van der Waals surface area (Å²) < 4.78 is 39.2. The second kappa shape index (κ2) is 13.5. The molecular weight excluding hydrogens is 600 g/mol. The van der Waals surface area contributed by atoms with Gasteiger partial charge in [0.15, 0.2) is 0 Å². The summed E-state index contributed by atoms with van der Waals surface area (Å²) in [5.41, 5.74) is 6.70. The highest BCUT2D eigenvalue weighted by molar-refractivity contribution is 7.59. The van der Waals surface area contributed by atoms with Gasteiger partial charge >= 0.3 is 6.01 Å². The van der Waals surface area contributed by atoms with E-state index >= 15 is 0 Å². The van der Waals surface area contributed by atoms with Gasteiger partial charge in [-0.05, 0) is 50.6 Å². The molecule has 2 fully saturated rings. The van der Waals surface area contributed by atoms with E-state index in [9.17, 15) is 13.6 Å². The topological polar surface area (TPSA) is 90.1 Å². The van der Waals surface area contributed by atoms with Crippen molar-refractivity contribution in [3.8, 4) is 6.01 Å². The van der Waals surface area contributed by atoms with Crippen LogP contribution in [0, 0.1) is 13.8 Å². The van der Waals surface area contributed by atoms with Crippen molar-refractivity contribution in [2.24, 2.45) is 0 Å². The Morgan fingerprint density at radius 2 is 1.93 bits per heavy atom. The zero-order valence-corrected chi connectivity index (χ0v) is 27.4. The number of hydrogen-bond acceptors (Lipinski definition) is 8. The number of piperazine rings is 1. The highest BCUT2D eigenvalue weighted by atomic mass is 32.1. The van der Waals surface area contributed by atoms with E-state index in [4.69, 9.17) is 19.4 Å². The van der Waals surface area contributed by atoms with Crippen LogP contribution in [0.4, 0.5) is 20.3 Å². The molecule has 1 N–H and O–H groups in total. The van der Waals surface area contributed by atoms with Crippen molar-refractivity contribution in [1.29, 1.82) is 0 Å². The molecule has 10 nitrogen and oxygen atoms in total. The van der Waals surface area contributed by atoms with Gasteiger partial charge in [-0.2, -0.15) is 23.5 Å². The Balaban J connectivity index is 0.00000400. The molecule has 6 rings (SSSR count).